The Bertz CT molecular complexity index is 477. The Morgan fingerprint density at radius 1 is 1.30 bits per heavy atom. The van der Waals surface area contributed by atoms with E-state index in [1.807, 2.05) is 37.4 Å². The summed E-state index contributed by atoms with van der Waals surface area (Å²) in [7, 11) is 1.82. The van der Waals surface area contributed by atoms with Crippen LogP contribution in [0.2, 0.25) is 0 Å². The topological polar surface area (TPSA) is 43.8 Å². The maximum atomic E-state index is 12.3. The van der Waals surface area contributed by atoms with E-state index in [4.69, 9.17) is 0 Å². The van der Waals surface area contributed by atoms with Crippen molar-refractivity contribution in [1.29, 1.82) is 0 Å². The van der Waals surface area contributed by atoms with E-state index in [0.29, 0.717) is 18.4 Å². The Labute approximate surface area is 120 Å². The number of para-hydroxylation sites is 1. The Balaban J connectivity index is 1.58. The quantitative estimate of drug-likeness (QED) is 0.905. The lowest BCUT2D eigenvalue weighted by Gasteiger charge is -2.22. The number of aliphatic hydroxyl groups is 1. The summed E-state index contributed by atoms with van der Waals surface area (Å²) in [5.74, 6) is 1.08. The van der Waals surface area contributed by atoms with Crippen molar-refractivity contribution in [3.05, 3.63) is 30.3 Å². The zero-order valence-electron chi connectivity index (χ0n) is 11.9. The van der Waals surface area contributed by atoms with Gasteiger partial charge < -0.3 is 10.0 Å². The van der Waals surface area contributed by atoms with Crippen molar-refractivity contribution in [2.45, 2.75) is 18.9 Å². The zero-order chi connectivity index (χ0) is 14.1. The summed E-state index contributed by atoms with van der Waals surface area (Å²) >= 11 is 0. The van der Waals surface area contributed by atoms with Gasteiger partial charge in [0.25, 0.3) is 0 Å². The van der Waals surface area contributed by atoms with E-state index >= 15 is 0 Å². The number of likely N-dealkylation sites (tertiary alicyclic amines) is 1. The second-order valence-corrected chi connectivity index (χ2v) is 6.05. The number of hydrogen-bond donors (Lipinski definition) is 1. The van der Waals surface area contributed by atoms with Crippen LogP contribution < -0.4 is 4.90 Å². The molecule has 4 nitrogen and oxygen atoms in total. The maximum Gasteiger partial charge on any atom is 0.240 e. The van der Waals surface area contributed by atoms with Gasteiger partial charge in [0, 0.05) is 31.7 Å². The molecule has 20 heavy (non-hydrogen) atoms. The number of anilines is 1. The van der Waals surface area contributed by atoms with Crippen LogP contribution in [0.25, 0.3) is 0 Å². The van der Waals surface area contributed by atoms with E-state index in [0.717, 1.165) is 31.6 Å². The van der Waals surface area contributed by atoms with E-state index in [-0.39, 0.29) is 12.0 Å². The van der Waals surface area contributed by atoms with Crippen LogP contribution in [0.5, 0.6) is 0 Å². The van der Waals surface area contributed by atoms with Crippen molar-refractivity contribution in [1.82, 2.24) is 4.90 Å². The molecular weight excluding hydrogens is 252 g/mol. The molecule has 1 aliphatic heterocycles. The predicted molar refractivity (Wildman–Crippen MR) is 78.5 cm³/mol. The normalized spacial score (nSPS) is 29.4. The lowest BCUT2D eigenvalue weighted by atomic mass is 10.00. The Morgan fingerprint density at radius 3 is 2.75 bits per heavy atom. The Morgan fingerprint density at radius 2 is 2.05 bits per heavy atom. The Kier molecular flexibility index (Phi) is 3.76. The van der Waals surface area contributed by atoms with Gasteiger partial charge >= 0.3 is 0 Å². The highest BCUT2D eigenvalue weighted by Crippen LogP contribution is 2.37. The molecule has 1 N–H and O–H groups in total. The van der Waals surface area contributed by atoms with E-state index in [2.05, 4.69) is 4.90 Å². The van der Waals surface area contributed by atoms with Crippen molar-refractivity contribution < 1.29 is 9.90 Å². The molecule has 0 radical (unpaired) electrons. The van der Waals surface area contributed by atoms with Crippen molar-refractivity contribution in [2.24, 2.45) is 11.8 Å². The molecule has 0 bridgehead atoms. The van der Waals surface area contributed by atoms with Gasteiger partial charge in [0.05, 0.1) is 12.6 Å². The molecule has 0 spiro atoms. The van der Waals surface area contributed by atoms with Crippen LogP contribution in [0.1, 0.15) is 12.8 Å². The van der Waals surface area contributed by atoms with Gasteiger partial charge in [-0.15, -0.1) is 0 Å². The minimum atomic E-state index is -0.160. The van der Waals surface area contributed by atoms with Gasteiger partial charge in [-0.1, -0.05) is 18.2 Å². The molecule has 2 fully saturated rings. The highest BCUT2D eigenvalue weighted by molar-refractivity contribution is 5.94. The number of fused-ring (bicyclic) bond motifs is 1. The molecule has 3 atom stereocenters. The average molecular weight is 274 g/mol. The molecule has 0 aromatic heterocycles. The van der Waals surface area contributed by atoms with Gasteiger partial charge in [-0.25, -0.2) is 0 Å². The van der Waals surface area contributed by atoms with Crippen molar-refractivity contribution in [3.8, 4) is 0 Å². The van der Waals surface area contributed by atoms with Crippen molar-refractivity contribution in [3.63, 3.8) is 0 Å². The summed E-state index contributed by atoms with van der Waals surface area (Å²) < 4.78 is 0. The monoisotopic (exact) mass is 274 g/mol. The van der Waals surface area contributed by atoms with Gasteiger partial charge in [-0.3, -0.25) is 9.69 Å². The van der Waals surface area contributed by atoms with Crippen LogP contribution in [-0.4, -0.2) is 48.7 Å². The van der Waals surface area contributed by atoms with Gasteiger partial charge in [-0.2, -0.15) is 0 Å². The fourth-order valence-corrected chi connectivity index (χ4v) is 3.55. The average Bonchev–Trinajstić information content (AvgIpc) is 3.01. The number of nitrogens with zero attached hydrogens (tertiary/aromatic N) is 2. The number of amides is 1. The number of carbonyl (C=O) groups is 1. The van der Waals surface area contributed by atoms with Gasteiger partial charge in [0.1, 0.15) is 0 Å². The summed E-state index contributed by atoms with van der Waals surface area (Å²) in [4.78, 5) is 16.2. The first-order valence-electron chi connectivity index (χ1n) is 7.37. The van der Waals surface area contributed by atoms with E-state index in [1.165, 1.54) is 0 Å². The van der Waals surface area contributed by atoms with E-state index in [1.54, 1.807) is 4.90 Å². The fraction of sp³-hybridized carbons (Fsp3) is 0.562. The van der Waals surface area contributed by atoms with Gasteiger partial charge in [-0.05, 0) is 30.9 Å². The van der Waals surface area contributed by atoms with Gasteiger partial charge in [0.15, 0.2) is 0 Å². The third-order valence-corrected chi connectivity index (χ3v) is 4.77. The molecule has 2 aliphatic rings. The summed E-state index contributed by atoms with van der Waals surface area (Å²) in [6.07, 6.45) is 1.87. The molecule has 1 aromatic carbocycles. The fourth-order valence-electron chi connectivity index (χ4n) is 3.55. The molecule has 3 unspecified atom stereocenters. The second-order valence-electron chi connectivity index (χ2n) is 6.05. The number of aliphatic hydroxyl groups excluding tert-OH is 1. The second kappa shape index (κ2) is 5.54. The molecule has 1 saturated heterocycles. The third-order valence-electron chi connectivity index (χ3n) is 4.77. The molecule has 1 heterocycles. The molecule has 4 heteroatoms. The first kappa shape index (κ1) is 13.6. The zero-order valence-corrected chi connectivity index (χ0v) is 11.9. The highest BCUT2D eigenvalue weighted by Gasteiger charge is 2.42. The summed E-state index contributed by atoms with van der Waals surface area (Å²) in [5, 5.41) is 9.92. The molecule has 1 saturated carbocycles. The number of benzene rings is 1. The molecular formula is C16H22N2O2. The van der Waals surface area contributed by atoms with Crippen molar-refractivity contribution in [2.75, 3.05) is 31.6 Å². The minimum absolute atomic E-state index is 0.116. The van der Waals surface area contributed by atoms with E-state index < -0.39 is 0 Å². The predicted octanol–water partition coefficient (Wildman–Crippen LogP) is 1.35. The first-order chi connectivity index (χ1) is 9.65. The van der Waals surface area contributed by atoms with Crippen LogP contribution in [0.4, 0.5) is 5.69 Å². The first-order valence-corrected chi connectivity index (χ1v) is 7.37. The smallest absolute Gasteiger partial charge is 0.240 e. The minimum Gasteiger partial charge on any atom is -0.393 e. The molecule has 1 aliphatic carbocycles. The van der Waals surface area contributed by atoms with Gasteiger partial charge in [0.2, 0.25) is 5.91 Å². The summed E-state index contributed by atoms with van der Waals surface area (Å²) in [6, 6.07) is 9.72. The largest absolute Gasteiger partial charge is 0.393 e. The standard InChI is InChI=1S/C16H22N2O2/c1-17(13-5-3-2-4-6-13)16(20)11-18-9-12-7-8-15(19)14(12)10-18/h2-6,12,14-15,19H,7-11H2,1H3. The Hall–Kier alpha value is -1.39. The number of likely N-dealkylation sites (N-methyl/N-ethyl adjacent to an activating group) is 1. The maximum absolute atomic E-state index is 12.3. The van der Waals surface area contributed by atoms with Crippen LogP contribution >= 0.6 is 0 Å². The lowest BCUT2D eigenvalue weighted by molar-refractivity contribution is -0.119. The summed E-state index contributed by atoms with van der Waals surface area (Å²) in [6.45, 7) is 2.27. The van der Waals surface area contributed by atoms with Crippen LogP contribution in [0.3, 0.4) is 0 Å². The van der Waals surface area contributed by atoms with Crippen LogP contribution in [-0.2, 0) is 4.79 Å². The number of hydrogen-bond acceptors (Lipinski definition) is 3. The van der Waals surface area contributed by atoms with Crippen LogP contribution in [0.15, 0.2) is 30.3 Å². The molecule has 1 amide bonds. The summed E-state index contributed by atoms with van der Waals surface area (Å²) in [5.41, 5.74) is 0.928. The molecule has 108 valence electrons. The van der Waals surface area contributed by atoms with Crippen LogP contribution in [0, 0.1) is 11.8 Å². The number of carbonyl (C=O) groups excluding carboxylic acids is 1. The van der Waals surface area contributed by atoms with E-state index in [9.17, 15) is 9.90 Å². The molecule has 3 rings (SSSR count). The third kappa shape index (κ3) is 2.58. The highest BCUT2D eigenvalue weighted by atomic mass is 16.3. The lowest BCUT2D eigenvalue weighted by Crippen LogP contribution is -2.38. The molecule has 1 aromatic rings. The number of rotatable bonds is 3. The SMILES string of the molecule is CN(C(=O)CN1CC2CCC(O)C2C1)c1ccccc1. The van der Waals surface area contributed by atoms with Crippen molar-refractivity contribution >= 4 is 11.6 Å².